The van der Waals surface area contributed by atoms with Gasteiger partial charge in [0.2, 0.25) is 0 Å². The van der Waals surface area contributed by atoms with Gasteiger partial charge in [0.25, 0.3) is 0 Å². The Kier molecular flexibility index (Phi) is 8.59. The molecule has 3 N–H and O–H groups in total. The number of rotatable bonds is 7. The molecule has 4 heterocycles. The summed E-state index contributed by atoms with van der Waals surface area (Å²) in [6.07, 6.45) is 6.09. The molecule has 4 rings (SSSR count). The topological polar surface area (TPSA) is 97.6 Å². The van der Waals surface area contributed by atoms with Gasteiger partial charge >= 0.3 is 0 Å². The standard InChI is InChI=1S/C30H53BrO7/c1-25(2,33)21-13-17-28(6,36-21)20(32)12-15-27(5,34)22-9-10-23-29(7,37-22)18-14-24(35-23)30(8)16-11-19(31)26(3,4)38-30/h19-24,32-34H,9-18H2,1-8H3/t19-,20+,21?,22-,23-,24-,27+,28-,29+,30+/m1/s1. The number of aliphatic hydroxyl groups excluding tert-OH is 1. The molecule has 0 aromatic heterocycles. The van der Waals surface area contributed by atoms with E-state index in [0.29, 0.717) is 36.9 Å². The minimum absolute atomic E-state index is 0.0236. The molecule has 0 bridgehead atoms. The van der Waals surface area contributed by atoms with Crippen LogP contribution >= 0.6 is 15.9 Å². The third-order valence-corrected chi connectivity index (χ3v) is 11.8. The van der Waals surface area contributed by atoms with E-state index < -0.39 is 28.5 Å². The predicted molar refractivity (Wildman–Crippen MR) is 151 cm³/mol. The fraction of sp³-hybridized carbons (Fsp3) is 1.00. The van der Waals surface area contributed by atoms with Crippen molar-refractivity contribution in [3.8, 4) is 0 Å². The summed E-state index contributed by atoms with van der Waals surface area (Å²) in [6, 6.07) is 0. The lowest BCUT2D eigenvalue weighted by Gasteiger charge is -2.56. The Morgan fingerprint density at radius 2 is 1.45 bits per heavy atom. The van der Waals surface area contributed by atoms with Gasteiger partial charge in [-0.05, 0) is 120 Å². The molecule has 4 aliphatic heterocycles. The first-order chi connectivity index (χ1) is 17.3. The molecule has 222 valence electrons. The first-order valence-corrected chi connectivity index (χ1v) is 15.7. The highest BCUT2D eigenvalue weighted by molar-refractivity contribution is 9.09. The van der Waals surface area contributed by atoms with Gasteiger partial charge in [-0.25, -0.2) is 0 Å². The van der Waals surface area contributed by atoms with Crippen molar-refractivity contribution in [2.75, 3.05) is 0 Å². The summed E-state index contributed by atoms with van der Waals surface area (Å²) < 4.78 is 26.1. The maximum absolute atomic E-state index is 11.5. The van der Waals surface area contributed by atoms with Crippen LogP contribution in [0.2, 0.25) is 0 Å². The third kappa shape index (κ3) is 6.18. The van der Waals surface area contributed by atoms with Crippen LogP contribution in [-0.2, 0) is 18.9 Å². The highest BCUT2D eigenvalue weighted by Gasteiger charge is 2.55. The van der Waals surface area contributed by atoms with Gasteiger partial charge in [-0.1, -0.05) is 15.9 Å². The van der Waals surface area contributed by atoms with Gasteiger partial charge in [0.1, 0.15) is 0 Å². The fourth-order valence-corrected chi connectivity index (χ4v) is 7.60. The maximum Gasteiger partial charge on any atom is 0.0923 e. The van der Waals surface area contributed by atoms with E-state index in [-0.39, 0.29) is 35.6 Å². The van der Waals surface area contributed by atoms with E-state index in [0.717, 1.165) is 32.1 Å². The molecular formula is C30H53BrO7. The number of aliphatic hydroxyl groups is 3. The fourth-order valence-electron chi connectivity index (χ4n) is 7.27. The molecule has 4 aliphatic rings. The van der Waals surface area contributed by atoms with Crippen LogP contribution in [0.3, 0.4) is 0 Å². The van der Waals surface area contributed by atoms with Gasteiger partial charge in [-0.3, -0.25) is 0 Å². The number of fused-ring (bicyclic) bond motifs is 1. The van der Waals surface area contributed by atoms with Gasteiger partial charge < -0.3 is 34.3 Å². The lowest BCUT2D eigenvalue weighted by Crippen LogP contribution is -2.63. The van der Waals surface area contributed by atoms with Crippen LogP contribution in [0, 0.1) is 0 Å². The summed E-state index contributed by atoms with van der Waals surface area (Å²) in [5.41, 5.74) is -3.78. The molecule has 0 amide bonds. The van der Waals surface area contributed by atoms with Gasteiger partial charge in [-0.15, -0.1) is 0 Å². The molecule has 0 spiro atoms. The summed E-state index contributed by atoms with van der Waals surface area (Å²) in [4.78, 5) is 0.335. The minimum Gasteiger partial charge on any atom is -0.390 e. The van der Waals surface area contributed by atoms with E-state index in [1.54, 1.807) is 13.8 Å². The molecule has 0 aromatic carbocycles. The molecule has 1 unspecified atom stereocenters. The van der Waals surface area contributed by atoms with Crippen molar-refractivity contribution in [3.63, 3.8) is 0 Å². The summed E-state index contributed by atoms with van der Waals surface area (Å²) in [5, 5.41) is 32.9. The normalized spacial score (nSPS) is 46.3. The summed E-state index contributed by atoms with van der Waals surface area (Å²) in [6.45, 7) is 15.8. The Morgan fingerprint density at radius 1 is 0.816 bits per heavy atom. The highest BCUT2D eigenvalue weighted by Crippen LogP contribution is 2.49. The van der Waals surface area contributed by atoms with Crippen LogP contribution in [-0.4, -0.2) is 84.3 Å². The second-order valence-corrected chi connectivity index (χ2v) is 15.8. The largest absolute Gasteiger partial charge is 0.390 e. The van der Waals surface area contributed by atoms with E-state index in [2.05, 4.69) is 43.6 Å². The smallest absolute Gasteiger partial charge is 0.0923 e. The molecule has 0 aliphatic carbocycles. The van der Waals surface area contributed by atoms with Crippen LogP contribution in [0.4, 0.5) is 0 Å². The second-order valence-electron chi connectivity index (χ2n) is 14.7. The lowest BCUT2D eigenvalue weighted by atomic mass is 9.75. The molecule has 0 aromatic rings. The third-order valence-electron chi connectivity index (χ3n) is 10.3. The van der Waals surface area contributed by atoms with Crippen LogP contribution in [0.5, 0.6) is 0 Å². The molecule has 8 heteroatoms. The number of halogens is 1. The minimum atomic E-state index is -1.08. The van der Waals surface area contributed by atoms with Crippen molar-refractivity contribution in [2.24, 2.45) is 0 Å². The predicted octanol–water partition coefficient (Wildman–Crippen LogP) is 5.18. The monoisotopic (exact) mass is 604 g/mol. The second kappa shape index (κ2) is 10.5. The highest BCUT2D eigenvalue weighted by atomic mass is 79.9. The average Bonchev–Trinajstić information content (AvgIpc) is 3.23. The Morgan fingerprint density at radius 3 is 2.05 bits per heavy atom. The molecule has 4 fully saturated rings. The molecule has 0 radical (unpaired) electrons. The Balaban J connectivity index is 1.33. The van der Waals surface area contributed by atoms with Crippen molar-refractivity contribution in [1.82, 2.24) is 0 Å². The van der Waals surface area contributed by atoms with Crippen molar-refractivity contribution >= 4 is 15.9 Å². The van der Waals surface area contributed by atoms with Crippen molar-refractivity contribution in [2.45, 2.75) is 189 Å². The molecule has 10 atom stereocenters. The Labute approximate surface area is 238 Å². The SMILES string of the molecule is CC(C)(O)C1CC[C@](C)([C@@H](O)CC[C@](C)(O)[C@H]2CC[C@H]3O[C@@H]([C@]4(C)CC[C@@H](Br)C(C)(C)O4)CC[C@]3(C)O2)O1. The van der Waals surface area contributed by atoms with Crippen LogP contribution in [0.15, 0.2) is 0 Å². The molecular weight excluding hydrogens is 552 g/mol. The van der Waals surface area contributed by atoms with E-state index in [1.165, 1.54) is 0 Å². The summed E-state index contributed by atoms with van der Waals surface area (Å²) >= 11 is 3.79. The number of hydrogen-bond acceptors (Lipinski definition) is 7. The van der Waals surface area contributed by atoms with Crippen LogP contribution < -0.4 is 0 Å². The average molecular weight is 606 g/mol. The zero-order valence-electron chi connectivity index (χ0n) is 24.9. The van der Waals surface area contributed by atoms with Gasteiger partial charge in [-0.2, -0.15) is 0 Å². The quantitative estimate of drug-likeness (QED) is 0.344. The zero-order chi connectivity index (χ0) is 28.4. The Bertz CT molecular complexity index is 843. The summed E-state index contributed by atoms with van der Waals surface area (Å²) in [7, 11) is 0. The van der Waals surface area contributed by atoms with Gasteiger partial charge in [0.15, 0.2) is 0 Å². The van der Waals surface area contributed by atoms with Crippen molar-refractivity contribution in [1.29, 1.82) is 0 Å². The van der Waals surface area contributed by atoms with Gasteiger partial charge in [0.05, 0.1) is 64.1 Å². The maximum atomic E-state index is 11.5. The number of ether oxygens (including phenoxy) is 4. The first-order valence-electron chi connectivity index (χ1n) is 14.8. The number of hydrogen-bond donors (Lipinski definition) is 3. The lowest BCUT2D eigenvalue weighted by molar-refractivity contribution is -0.301. The summed E-state index contributed by atoms with van der Waals surface area (Å²) in [5.74, 6) is 0. The van der Waals surface area contributed by atoms with E-state index in [9.17, 15) is 15.3 Å². The van der Waals surface area contributed by atoms with Crippen molar-refractivity contribution < 1.29 is 34.3 Å². The Hall–Kier alpha value is 0.200. The molecule has 38 heavy (non-hydrogen) atoms. The molecule has 7 nitrogen and oxygen atoms in total. The first kappa shape index (κ1) is 31.1. The van der Waals surface area contributed by atoms with E-state index in [4.69, 9.17) is 18.9 Å². The molecule has 4 saturated heterocycles. The number of alkyl halides is 1. The van der Waals surface area contributed by atoms with Crippen LogP contribution in [0.1, 0.15) is 120 Å². The van der Waals surface area contributed by atoms with Crippen LogP contribution in [0.25, 0.3) is 0 Å². The van der Waals surface area contributed by atoms with E-state index in [1.807, 2.05) is 13.8 Å². The van der Waals surface area contributed by atoms with Gasteiger partial charge in [0, 0.05) is 4.83 Å². The zero-order valence-corrected chi connectivity index (χ0v) is 26.5. The molecule has 0 saturated carbocycles. The van der Waals surface area contributed by atoms with E-state index >= 15 is 0 Å². The van der Waals surface area contributed by atoms with Crippen molar-refractivity contribution in [3.05, 3.63) is 0 Å².